The molecule has 0 radical (unpaired) electrons. The molecule has 0 atom stereocenters. The lowest BCUT2D eigenvalue weighted by Gasteiger charge is -2.08. The van der Waals surface area contributed by atoms with Gasteiger partial charge in [-0.15, -0.1) is 11.3 Å². The molecule has 0 aliphatic rings. The minimum Gasteiger partial charge on any atom is -0.324 e. The van der Waals surface area contributed by atoms with Crippen LogP contribution in [0.15, 0.2) is 39.4 Å². The second kappa shape index (κ2) is 5.55. The van der Waals surface area contributed by atoms with Crippen molar-refractivity contribution in [3.05, 3.63) is 39.5 Å². The van der Waals surface area contributed by atoms with Gasteiger partial charge in [0.05, 0.1) is 10.6 Å². The first-order valence-corrected chi connectivity index (χ1v) is 8.43. The SMILES string of the molecule is CC(=O)Nc1csc(C)c1S(=O)(=O)c1ccc(Cl)cc1. The number of amides is 1. The smallest absolute Gasteiger partial charge is 0.221 e. The Morgan fingerprint density at radius 1 is 1.25 bits per heavy atom. The number of carbonyl (C=O) groups excluding carboxylic acids is 1. The lowest BCUT2D eigenvalue weighted by Crippen LogP contribution is -2.10. The maximum atomic E-state index is 12.6. The highest BCUT2D eigenvalue weighted by atomic mass is 35.5. The van der Waals surface area contributed by atoms with E-state index in [1.165, 1.54) is 42.5 Å². The van der Waals surface area contributed by atoms with Crippen molar-refractivity contribution in [1.82, 2.24) is 0 Å². The molecule has 1 amide bonds. The Bertz CT molecular complexity index is 748. The number of thiophene rings is 1. The summed E-state index contributed by atoms with van der Waals surface area (Å²) in [5.41, 5.74) is 0.315. The normalized spacial score (nSPS) is 11.3. The van der Waals surface area contributed by atoms with Gasteiger partial charge < -0.3 is 5.32 Å². The molecule has 0 aliphatic heterocycles. The second-order valence-electron chi connectivity index (χ2n) is 4.17. The minimum atomic E-state index is -3.68. The summed E-state index contributed by atoms with van der Waals surface area (Å²) in [6.07, 6.45) is 0. The fourth-order valence-corrected chi connectivity index (χ4v) is 4.66. The van der Waals surface area contributed by atoms with Crippen LogP contribution in [0.5, 0.6) is 0 Å². The number of nitrogens with one attached hydrogen (secondary N) is 1. The molecule has 1 aromatic heterocycles. The Morgan fingerprint density at radius 3 is 2.40 bits per heavy atom. The summed E-state index contributed by atoms with van der Waals surface area (Å²) in [7, 11) is -3.68. The van der Waals surface area contributed by atoms with Crippen molar-refractivity contribution in [2.45, 2.75) is 23.6 Å². The molecule has 0 aliphatic carbocycles. The van der Waals surface area contributed by atoms with E-state index >= 15 is 0 Å². The number of hydrogen-bond donors (Lipinski definition) is 1. The standard InChI is InChI=1S/C13H12ClNO3S2/c1-8-13(12(7-19-8)15-9(2)16)20(17,18)11-5-3-10(14)4-6-11/h3-7H,1-2H3,(H,15,16). The molecule has 7 heteroatoms. The van der Waals surface area contributed by atoms with Gasteiger partial charge >= 0.3 is 0 Å². The first-order valence-electron chi connectivity index (χ1n) is 5.68. The fourth-order valence-electron chi connectivity index (χ4n) is 1.79. The van der Waals surface area contributed by atoms with Crippen LogP contribution >= 0.6 is 22.9 Å². The van der Waals surface area contributed by atoms with E-state index in [2.05, 4.69) is 5.32 Å². The third kappa shape index (κ3) is 2.87. The van der Waals surface area contributed by atoms with Crippen LogP contribution in [-0.2, 0) is 14.6 Å². The lowest BCUT2D eigenvalue weighted by atomic mass is 10.4. The van der Waals surface area contributed by atoms with Crippen LogP contribution in [-0.4, -0.2) is 14.3 Å². The Kier molecular flexibility index (Phi) is 4.17. The van der Waals surface area contributed by atoms with Crippen molar-refractivity contribution in [3.8, 4) is 0 Å². The summed E-state index contributed by atoms with van der Waals surface area (Å²) >= 11 is 7.05. The highest BCUT2D eigenvalue weighted by Crippen LogP contribution is 2.35. The van der Waals surface area contributed by atoms with Crippen LogP contribution in [0.3, 0.4) is 0 Å². The Hall–Kier alpha value is -1.37. The van der Waals surface area contributed by atoms with Gasteiger partial charge in [0.1, 0.15) is 4.90 Å². The number of aryl methyl sites for hydroxylation is 1. The number of benzene rings is 1. The maximum Gasteiger partial charge on any atom is 0.221 e. The molecule has 0 bridgehead atoms. The molecule has 1 aromatic carbocycles. The predicted octanol–water partition coefficient (Wildman–Crippen LogP) is 3.50. The van der Waals surface area contributed by atoms with E-state index in [0.717, 1.165) is 0 Å². The third-order valence-corrected chi connectivity index (χ3v) is 5.87. The quantitative estimate of drug-likeness (QED) is 0.937. The van der Waals surface area contributed by atoms with Crippen molar-refractivity contribution in [2.75, 3.05) is 5.32 Å². The molecule has 1 heterocycles. The monoisotopic (exact) mass is 329 g/mol. The largest absolute Gasteiger partial charge is 0.324 e. The summed E-state index contributed by atoms with van der Waals surface area (Å²) in [4.78, 5) is 12.1. The highest BCUT2D eigenvalue weighted by Gasteiger charge is 2.25. The second-order valence-corrected chi connectivity index (χ2v) is 7.58. The summed E-state index contributed by atoms with van der Waals surface area (Å²) in [6, 6.07) is 5.95. The fraction of sp³-hybridized carbons (Fsp3) is 0.154. The zero-order chi connectivity index (χ0) is 14.9. The number of rotatable bonds is 3. The lowest BCUT2D eigenvalue weighted by molar-refractivity contribution is -0.114. The molecule has 0 spiro atoms. The van der Waals surface area contributed by atoms with Crippen LogP contribution in [0.1, 0.15) is 11.8 Å². The number of hydrogen-bond acceptors (Lipinski definition) is 4. The van der Waals surface area contributed by atoms with Gasteiger partial charge in [-0.2, -0.15) is 0 Å². The van der Waals surface area contributed by atoms with Gasteiger partial charge in [-0.3, -0.25) is 4.79 Å². The van der Waals surface area contributed by atoms with E-state index in [0.29, 0.717) is 15.6 Å². The Morgan fingerprint density at radius 2 is 1.85 bits per heavy atom. The molecule has 1 N–H and O–H groups in total. The first kappa shape index (κ1) is 15.0. The van der Waals surface area contributed by atoms with Gasteiger partial charge in [-0.25, -0.2) is 8.42 Å². The molecular formula is C13H12ClNO3S2. The summed E-state index contributed by atoms with van der Waals surface area (Å²) in [5.74, 6) is -0.310. The molecule has 2 aromatic rings. The van der Waals surface area contributed by atoms with Crippen molar-refractivity contribution in [1.29, 1.82) is 0 Å². The van der Waals surface area contributed by atoms with E-state index in [4.69, 9.17) is 11.6 Å². The van der Waals surface area contributed by atoms with Crippen LogP contribution < -0.4 is 5.32 Å². The minimum absolute atomic E-state index is 0.139. The topological polar surface area (TPSA) is 63.2 Å². The first-order chi connectivity index (χ1) is 9.32. The Labute approximate surface area is 126 Å². The van der Waals surface area contributed by atoms with Gasteiger partial charge in [0, 0.05) is 22.2 Å². The average molecular weight is 330 g/mol. The Balaban J connectivity index is 2.57. The van der Waals surface area contributed by atoms with Crippen molar-refractivity contribution in [3.63, 3.8) is 0 Å². The van der Waals surface area contributed by atoms with Crippen molar-refractivity contribution >= 4 is 44.4 Å². The molecule has 2 rings (SSSR count). The summed E-state index contributed by atoms with van der Waals surface area (Å²) in [6.45, 7) is 3.05. The van der Waals surface area contributed by atoms with Gasteiger partial charge in [-0.1, -0.05) is 11.6 Å². The van der Waals surface area contributed by atoms with Crippen molar-refractivity contribution in [2.24, 2.45) is 0 Å². The van der Waals surface area contributed by atoms with Gasteiger partial charge in [-0.05, 0) is 31.2 Å². The number of anilines is 1. The average Bonchev–Trinajstić information content (AvgIpc) is 2.70. The van der Waals surface area contributed by atoms with Gasteiger partial charge in [0.25, 0.3) is 0 Å². The highest BCUT2D eigenvalue weighted by molar-refractivity contribution is 7.91. The zero-order valence-electron chi connectivity index (χ0n) is 10.8. The molecule has 0 unspecified atom stereocenters. The molecule has 4 nitrogen and oxygen atoms in total. The van der Waals surface area contributed by atoms with Crippen LogP contribution in [0.4, 0.5) is 5.69 Å². The number of carbonyl (C=O) groups is 1. The predicted molar refractivity (Wildman–Crippen MR) is 80.3 cm³/mol. The third-order valence-electron chi connectivity index (χ3n) is 2.62. The number of sulfone groups is 1. The molecule has 106 valence electrons. The van der Waals surface area contributed by atoms with E-state index in [1.807, 2.05) is 0 Å². The van der Waals surface area contributed by atoms with E-state index in [1.54, 1.807) is 12.3 Å². The van der Waals surface area contributed by atoms with Crippen LogP contribution in [0, 0.1) is 6.92 Å². The molecular weight excluding hydrogens is 318 g/mol. The molecule has 20 heavy (non-hydrogen) atoms. The van der Waals surface area contributed by atoms with Crippen LogP contribution in [0.25, 0.3) is 0 Å². The van der Waals surface area contributed by atoms with E-state index < -0.39 is 9.84 Å². The van der Waals surface area contributed by atoms with Gasteiger partial charge in [0.15, 0.2) is 0 Å². The van der Waals surface area contributed by atoms with E-state index in [-0.39, 0.29) is 15.7 Å². The maximum absolute atomic E-state index is 12.6. The zero-order valence-corrected chi connectivity index (χ0v) is 13.2. The molecule has 0 saturated carbocycles. The van der Waals surface area contributed by atoms with Gasteiger partial charge in [0.2, 0.25) is 15.7 Å². The molecule has 0 fully saturated rings. The number of halogens is 1. The summed E-state index contributed by atoms with van der Waals surface area (Å²) in [5, 5.41) is 4.64. The van der Waals surface area contributed by atoms with Crippen molar-refractivity contribution < 1.29 is 13.2 Å². The van der Waals surface area contributed by atoms with Crippen LogP contribution in [0.2, 0.25) is 5.02 Å². The molecule has 0 saturated heterocycles. The van der Waals surface area contributed by atoms with E-state index in [9.17, 15) is 13.2 Å². The summed E-state index contributed by atoms with van der Waals surface area (Å²) < 4.78 is 25.3.